The molecular formula is C38H42N10O3S2. The maximum absolute atomic E-state index is 12.0. The van der Waals surface area contributed by atoms with Gasteiger partial charge in [-0.2, -0.15) is 10.2 Å². The Bertz CT molecular complexity index is 2680. The van der Waals surface area contributed by atoms with E-state index in [0.717, 1.165) is 117 Å². The van der Waals surface area contributed by atoms with Crippen molar-refractivity contribution in [3.8, 4) is 44.5 Å². The first-order valence-corrected chi connectivity index (χ1v) is 19.8. The molecule has 0 aliphatic rings. The summed E-state index contributed by atoms with van der Waals surface area (Å²) in [5.74, 6) is 1.58. The molecule has 53 heavy (non-hydrogen) atoms. The van der Waals surface area contributed by atoms with Crippen molar-refractivity contribution in [1.82, 2.24) is 49.8 Å². The van der Waals surface area contributed by atoms with Crippen molar-refractivity contribution >= 4 is 44.6 Å². The lowest BCUT2D eigenvalue weighted by molar-refractivity contribution is 0.393. The smallest absolute Gasteiger partial charge is 0.197 e. The number of thioether (sulfide) groups is 1. The highest BCUT2D eigenvalue weighted by atomic mass is 32.2. The van der Waals surface area contributed by atoms with Crippen LogP contribution in [0.3, 0.4) is 0 Å². The summed E-state index contributed by atoms with van der Waals surface area (Å²) in [6.45, 7) is 15.9. The van der Waals surface area contributed by atoms with E-state index in [9.17, 15) is 4.21 Å². The van der Waals surface area contributed by atoms with Gasteiger partial charge in [0, 0.05) is 65.1 Å². The molecule has 0 amide bonds. The highest BCUT2D eigenvalue weighted by Gasteiger charge is 2.23. The summed E-state index contributed by atoms with van der Waals surface area (Å²) in [5, 5.41) is 18.7. The summed E-state index contributed by atoms with van der Waals surface area (Å²) in [6.07, 6.45) is 3.64. The molecule has 0 spiro atoms. The molecule has 13 nitrogen and oxygen atoms in total. The highest BCUT2D eigenvalue weighted by molar-refractivity contribution is 7.98. The fourth-order valence-corrected chi connectivity index (χ4v) is 8.08. The van der Waals surface area contributed by atoms with Crippen LogP contribution in [-0.2, 0) is 24.9 Å². The number of fused-ring (bicyclic) bond motifs is 2. The van der Waals surface area contributed by atoms with Crippen LogP contribution < -0.4 is 0 Å². The predicted octanol–water partition coefficient (Wildman–Crippen LogP) is 8.16. The van der Waals surface area contributed by atoms with Crippen LogP contribution in [0.15, 0.2) is 43.6 Å². The van der Waals surface area contributed by atoms with Crippen LogP contribution >= 0.6 is 11.8 Å². The molecule has 1 unspecified atom stereocenters. The normalized spacial score (nSPS) is 12.2. The van der Waals surface area contributed by atoms with Crippen molar-refractivity contribution in [1.29, 1.82) is 0 Å². The van der Waals surface area contributed by atoms with Gasteiger partial charge in [-0.15, -0.1) is 0 Å². The number of imidazole rings is 2. The molecule has 0 radical (unpaired) electrons. The third-order valence-corrected chi connectivity index (χ3v) is 11.1. The zero-order valence-electron chi connectivity index (χ0n) is 31.9. The minimum atomic E-state index is -1.20. The quantitative estimate of drug-likeness (QED) is 0.159. The maximum atomic E-state index is 12.0. The topological polar surface area (TPSA) is 162 Å². The second kappa shape index (κ2) is 13.6. The number of aromatic nitrogens is 10. The molecule has 6 heterocycles. The highest BCUT2D eigenvalue weighted by Crippen LogP contribution is 2.40. The Balaban J connectivity index is 0.000000164. The molecule has 274 valence electrons. The average Bonchev–Trinajstić information content (AvgIpc) is 3.95. The van der Waals surface area contributed by atoms with Gasteiger partial charge in [-0.1, -0.05) is 22.1 Å². The Labute approximate surface area is 313 Å². The molecular weight excluding hydrogens is 709 g/mol. The van der Waals surface area contributed by atoms with E-state index in [-0.39, 0.29) is 0 Å². The average molecular weight is 751 g/mol. The number of rotatable bonds is 6. The Hall–Kier alpha value is -5.28. The van der Waals surface area contributed by atoms with Gasteiger partial charge in [0.25, 0.3) is 0 Å². The van der Waals surface area contributed by atoms with Crippen LogP contribution in [0.5, 0.6) is 0 Å². The molecule has 15 heteroatoms. The van der Waals surface area contributed by atoms with E-state index < -0.39 is 10.8 Å². The molecule has 0 aliphatic heterocycles. The zero-order chi connectivity index (χ0) is 38.0. The van der Waals surface area contributed by atoms with E-state index in [1.54, 1.807) is 18.0 Å². The Morgan fingerprint density at radius 2 is 1.09 bits per heavy atom. The number of aryl methyl sites for hydroxylation is 8. The first kappa shape index (κ1) is 36.1. The van der Waals surface area contributed by atoms with Crippen molar-refractivity contribution in [2.75, 3.05) is 12.5 Å². The van der Waals surface area contributed by atoms with Gasteiger partial charge >= 0.3 is 0 Å². The molecule has 0 saturated carbocycles. The largest absolute Gasteiger partial charge is 0.361 e. The lowest BCUT2D eigenvalue weighted by Gasteiger charge is -2.08. The van der Waals surface area contributed by atoms with E-state index in [2.05, 4.69) is 60.6 Å². The number of aromatic amines is 2. The van der Waals surface area contributed by atoms with E-state index in [1.807, 2.05) is 84.2 Å². The number of hydrogen-bond donors (Lipinski definition) is 2. The van der Waals surface area contributed by atoms with Gasteiger partial charge < -0.3 is 19.0 Å². The van der Waals surface area contributed by atoms with E-state index >= 15 is 0 Å². The summed E-state index contributed by atoms with van der Waals surface area (Å²) in [4.78, 5) is 16.0. The second-order valence-electron chi connectivity index (χ2n) is 13.3. The van der Waals surface area contributed by atoms with Crippen molar-refractivity contribution in [2.24, 2.45) is 14.1 Å². The first-order valence-electron chi connectivity index (χ1n) is 17.0. The fraction of sp³-hybridized carbons (Fsp3) is 0.316. The van der Waals surface area contributed by atoms with Gasteiger partial charge in [0.1, 0.15) is 11.5 Å². The summed E-state index contributed by atoms with van der Waals surface area (Å²) in [5.41, 5.74) is 17.6. The Kier molecular flexibility index (Phi) is 9.27. The number of nitrogens with one attached hydrogen (secondary N) is 2. The van der Waals surface area contributed by atoms with Gasteiger partial charge in [-0.05, 0) is 97.0 Å². The monoisotopic (exact) mass is 750 g/mol. The van der Waals surface area contributed by atoms with Crippen molar-refractivity contribution in [3.05, 3.63) is 69.9 Å². The van der Waals surface area contributed by atoms with Crippen LogP contribution in [0.4, 0.5) is 0 Å². The van der Waals surface area contributed by atoms with E-state index in [1.165, 1.54) is 0 Å². The van der Waals surface area contributed by atoms with E-state index in [0.29, 0.717) is 5.16 Å². The van der Waals surface area contributed by atoms with Crippen LogP contribution in [0, 0.1) is 55.4 Å². The minimum Gasteiger partial charge on any atom is -0.361 e. The lowest BCUT2D eigenvalue weighted by atomic mass is 9.95. The van der Waals surface area contributed by atoms with Gasteiger partial charge in [0.05, 0.1) is 55.6 Å². The minimum absolute atomic E-state index is 0.460. The molecule has 2 N–H and O–H groups in total. The lowest BCUT2D eigenvalue weighted by Crippen LogP contribution is -1.93. The van der Waals surface area contributed by atoms with E-state index in [4.69, 9.17) is 14.0 Å². The molecule has 2 aromatic carbocycles. The predicted molar refractivity (Wildman–Crippen MR) is 210 cm³/mol. The first-order chi connectivity index (χ1) is 25.2. The molecule has 0 aliphatic carbocycles. The molecule has 0 saturated heterocycles. The Morgan fingerprint density at radius 3 is 1.47 bits per heavy atom. The van der Waals surface area contributed by atoms with Crippen molar-refractivity contribution in [2.45, 2.75) is 65.7 Å². The van der Waals surface area contributed by atoms with Crippen LogP contribution in [-0.4, -0.2) is 66.5 Å². The molecule has 8 rings (SSSR count). The SMILES string of the molecule is CSc1nc2c(-c3c(C)nn(C)c3C)cc(-c3c(C)noc3C)cc2[nH]1.Cc1noc(C)c1-c1cc(-c2c(C)nn(C)c2C)c2nc(S(C)=O)[nH]c2c1. The summed E-state index contributed by atoms with van der Waals surface area (Å²) >= 11 is 1.60. The molecule has 0 bridgehead atoms. The number of H-pyrrole nitrogens is 2. The number of hydrogen-bond acceptors (Lipinski definition) is 10. The summed E-state index contributed by atoms with van der Waals surface area (Å²) in [6, 6.07) is 8.40. The fourth-order valence-electron chi connectivity index (χ4n) is 7.21. The maximum Gasteiger partial charge on any atom is 0.197 e. The zero-order valence-corrected chi connectivity index (χ0v) is 33.6. The summed E-state index contributed by atoms with van der Waals surface area (Å²) < 4.78 is 26.5. The standard InChI is InChI=1S/C19H21N5O2S.C19H21N5OS/c1-9-16(11(3)24(5)22-9)14-7-13(17-10(2)23-26-12(17)4)8-15-18(14)21-19(20-15)27(6)25;1-9-16(11(3)24(5)22-9)14-7-13(17-10(2)23-25-12(17)4)8-15-18(14)21-19(20-15)26-6/h7-8H,1-6H3,(H,20,21);7-8H,1-6H3,(H,20,21). The molecule has 6 aromatic heterocycles. The molecule has 1 atom stereocenters. The van der Waals surface area contributed by atoms with Crippen molar-refractivity contribution < 1.29 is 13.3 Å². The Morgan fingerprint density at radius 1 is 0.642 bits per heavy atom. The molecule has 8 aromatic rings. The van der Waals surface area contributed by atoms with Gasteiger partial charge in [0.15, 0.2) is 10.3 Å². The van der Waals surface area contributed by atoms with Gasteiger partial charge in [-0.3, -0.25) is 13.6 Å². The molecule has 0 fully saturated rings. The third kappa shape index (κ3) is 6.20. The number of nitrogens with zero attached hydrogens (tertiary/aromatic N) is 8. The number of benzene rings is 2. The van der Waals surface area contributed by atoms with Crippen LogP contribution in [0.25, 0.3) is 66.6 Å². The van der Waals surface area contributed by atoms with Crippen LogP contribution in [0.1, 0.15) is 45.7 Å². The van der Waals surface area contributed by atoms with Gasteiger partial charge in [-0.25, -0.2) is 9.97 Å². The van der Waals surface area contributed by atoms with Crippen molar-refractivity contribution in [3.63, 3.8) is 0 Å². The second-order valence-corrected chi connectivity index (χ2v) is 15.4. The summed E-state index contributed by atoms with van der Waals surface area (Å²) in [7, 11) is 2.70. The van der Waals surface area contributed by atoms with Gasteiger partial charge in [0.2, 0.25) is 0 Å². The van der Waals surface area contributed by atoms with Crippen LogP contribution in [0.2, 0.25) is 0 Å². The third-order valence-electron chi connectivity index (χ3n) is 9.80.